The Labute approximate surface area is 126 Å². The summed E-state index contributed by atoms with van der Waals surface area (Å²) in [5.74, 6) is 6.66. The topological polar surface area (TPSA) is 65.1 Å². The lowest BCUT2D eigenvalue weighted by Crippen LogP contribution is -2.31. The smallest absolute Gasteiger partial charge is 0.124 e. The van der Waals surface area contributed by atoms with Crippen molar-refractivity contribution in [3.05, 3.63) is 46.8 Å². The van der Waals surface area contributed by atoms with Gasteiger partial charge in [-0.25, -0.2) is 5.43 Å². The molecule has 0 bridgehead atoms. The number of hydrogen-bond acceptors (Lipinski definition) is 4. The number of aromatic nitrogens is 2. The molecule has 0 aliphatic heterocycles. The van der Waals surface area contributed by atoms with Crippen molar-refractivity contribution in [2.75, 3.05) is 7.11 Å². The highest BCUT2D eigenvalue weighted by molar-refractivity contribution is 5.42. The maximum atomic E-state index is 5.84. The van der Waals surface area contributed by atoms with Crippen LogP contribution in [0.5, 0.6) is 5.75 Å². The zero-order valence-corrected chi connectivity index (χ0v) is 13.2. The molecular formula is C16H24N4O. The molecule has 0 radical (unpaired) electrons. The quantitative estimate of drug-likeness (QED) is 0.632. The van der Waals surface area contributed by atoms with Crippen molar-refractivity contribution >= 4 is 0 Å². The molecule has 1 unspecified atom stereocenters. The number of hydrazine groups is 1. The molecule has 114 valence electrons. The molecule has 3 N–H and O–H groups in total. The van der Waals surface area contributed by atoms with Crippen LogP contribution >= 0.6 is 0 Å². The third-order valence-corrected chi connectivity index (χ3v) is 3.68. The summed E-state index contributed by atoms with van der Waals surface area (Å²) in [6.45, 7) is 7.05. The average molecular weight is 288 g/mol. The van der Waals surface area contributed by atoms with Crippen molar-refractivity contribution in [2.24, 2.45) is 5.84 Å². The summed E-state index contributed by atoms with van der Waals surface area (Å²) < 4.78 is 7.48. The monoisotopic (exact) mass is 288 g/mol. The number of rotatable bonds is 6. The zero-order valence-electron chi connectivity index (χ0n) is 13.2. The maximum Gasteiger partial charge on any atom is 0.124 e. The van der Waals surface area contributed by atoms with Crippen LogP contribution < -0.4 is 16.0 Å². The SMILES string of the molecule is CCc1cc(C(NN)c2cc(C)ccc2OC)n(CC)n1. The van der Waals surface area contributed by atoms with Crippen molar-refractivity contribution in [1.82, 2.24) is 15.2 Å². The molecule has 5 heteroatoms. The fraction of sp³-hybridized carbons (Fsp3) is 0.438. The highest BCUT2D eigenvalue weighted by Gasteiger charge is 2.21. The largest absolute Gasteiger partial charge is 0.496 e. The molecule has 2 aromatic rings. The van der Waals surface area contributed by atoms with Gasteiger partial charge in [-0.1, -0.05) is 24.6 Å². The number of methoxy groups -OCH3 is 1. The van der Waals surface area contributed by atoms with E-state index in [2.05, 4.69) is 43.4 Å². The van der Waals surface area contributed by atoms with Crippen LogP contribution in [0.3, 0.4) is 0 Å². The van der Waals surface area contributed by atoms with Crippen molar-refractivity contribution < 1.29 is 4.74 Å². The number of benzene rings is 1. The number of aryl methyl sites for hydroxylation is 3. The van der Waals surface area contributed by atoms with Crippen LogP contribution in [0, 0.1) is 6.92 Å². The van der Waals surface area contributed by atoms with E-state index < -0.39 is 0 Å². The average Bonchev–Trinajstić information content (AvgIpc) is 2.91. The van der Waals surface area contributed by atoms with Crippen molar-refractivity contribution in [2.45, 2.75) is 39.8 Å². The van der Waals surface area contributed by atoms with E-state index in [1.165, 1.54) is 5.56 Å². The normalized spacial score (nSPS) is 12.4. The van der Waals surface area contributed by atoms with Gasteiger partial charge in [0.25, 0.3) is 0 Å². The van der Waals surface area contributed by atoms with Crippen molar-refractivity contribution in [1.29, 1.82) is 0 Å². The van der Waals surface area contributed by atoms with Gasteiger partial charge in [-0.15, -0.1) is 0 Å². The predicted molar refractivity (Wildman–Crippen MR) is 84.2 cm³/mol. The summed E-state index contributed by atoms with van der Waals surface area (Å²) in [6, 6.07) is 8.07. The third-order valence-electron chi connectivity index (χ3n) is 3.68. The Bertz CT molecular complexity index is 606. The Morgan fingerprint density at radius 2 is 2.10 bits per heavy atom. The van der Waals surface area contributed by atoms with Crippen LogP contribution in [-0.4, -0.2) is 16.9 Å². The minimum Gasteiger partial charge on any atom is -0.496 e. The first-order chi connectivity index (χ1) is 10.1. The zero-order chi connectivity index (χ0) is 15.4. The Morgan fingerprint density at radius 3 is 2.67 bits per heavy atom. The summed E-state index contributed by atoms with van der Waals surface area (Å²) in [5.41, 5.74) is 7.23. The highest BCUT2D eigenvalue weighted by atomic mass is 16.5. The number of hydrogen-bond donors (Lipinski definition) is 2. The van der Waals surface area contributed by atoms with Gasteiger partial charge in [-0.3, -0.25) is 10.5 Å². The molecule has 0 aliphatic carbocycles. The van der Waals surface area contributed by atoms with Gasteiger partial charge in [0.05, 0.1) is 24.5 Å². The molecule has 21 heavy (non-hydrogen) atoms. The standard InChI is InChI=1S/C16H24N4O/c1-5-12-10-14(20(6-2)19-12)16(18-17)13-9-11(3)7-8-15(13)21-4/h7-10,16,18H,5-6,17H2,1-4H3. The van der Waals surface area contributed by atoms with E-state index in [4.69, 9.17) is 10.6 Å². The molecule has 0 saturated heterocycles. The first kappa shape index (κ1) is 15.5. The van der Waals surface area contributed by atoms with E-state index in [-0.39, 0.29) is 6.04 Å². The molecule has 0 saturated carbocycles. The van der Waals surface area contributed by atoms with Crippen LogP contribution in [-0.2, 0) is 13.0 Å². The van der Waals surface area contributed by atoms with E-state index in [1.54, 1.807) is 7.11 Å². The number of nitrogens with zero attached hydrogens (tertiary/aromatic N) is 2. The summed E-state index contributed by atoms with van der Waals surface area (Å²) in [4.78, 5) is 0. The molecule has 1 atom stereocenters. The van der Waals surface area contributed by atoms with E-state index in [0.717, 1.165) is 35.7 Å². The Morgan fingerprint density at radius 1 is 1.33 bits per heavy atom. The van der Waals surface area contributed by atoms with Gasteiger partial charge in [-0.05, 0) is 32.4 Å². The first-order valence-corrected chi connectivity index (χ1v) is 7.31. The lowest BCUT2D eigenvalue weighted by molar-refractivity contribution is 0.402. The van der Waals surface area contributed by atoms with E-state index in [9.17, 15) is 0 Å². The molecule has 1 aromatic carbocycles. The number of nitrogens with two attached hydrogens (primary N) is 1. The van der Waals surface area contributed by atoms with Crippen molar-refractivity contribution in [3.8, 4) is 5.75 Å². The van der Waals surface area contributed by atoms with Crippen LogP contribution in [0.4, 0.5) is 0 Å². The molecule has 2 rings (SSSR count). The van der Waals surface area contributed by atoms with Gasteiger partial charge in [-0.2, -0.15) is 5.10 Å². The summed E-state index contributed by atoms with van der Waals surface area (Å²) >= 11 is 0. The Balaban J connectivity index is 2.53. The van der Waals surface area contributed by atoms with Gasteiger partial charge in [0, 0.05) is 12.1 Å². The van der Waals surface area contributed by atoms with Crippen LogP contribution in [0.15, 0.2) is 24.3 Å². The predicted octanol–water partition coefficient (Wildman–Crippen LogP) is 2.34. The van der Waals surface area contributed by atoms with Gasteiger partial charge in [0.2, 0.25) is 0 Å². The minimum atomic E-state index is -0.146. The fourth-order valence-corrected chi connectivity index (χ4v) is 2.56. The van der Waals surface area contributed by atoms with Crippen LogP contribution in [0.1, 0.15) is 42.4 Å². The third kappa shape index (κ3) is 3.09. The second-order valence-corrected chi connectivity index (χ2v) is 5.07. The molecular weight excluding hydrogens is 264 g/mol. The van der Waals surface area contributed by atoms with E-state index in [0.29, 0.717) is 0 Å². The van der Waals surface area contributed by atoms with E-state index >= 15 is 0 Å². The van der Waals surface area contributed by atoms with Crippen molar-refractivity contribution in [3.63, 3.8) is 0 Å². The molecule has 0 amide bonds. The molecule has 0 fully saturated rings. The van der Waals surface area contributed by atoms with Crippen LogP contribution in [0.2, 0.25) is 0 Å². The van der Waals surface area contributed by atoms with Crippen LogP contribution in [0.25, 0.3) is 0 Å². The molecule has 0 aliphatic rings. The minimum absolute atomic E-state index is 0.146. The maximum absolute atomic E-state index is 5.84. The molecule has 0 spiro atoms. The number of nitrogens with one attached hydrogen (secondary N) is 1. The lowest BCUT2D eigenvalue weighted by Gasteiger charge is -2.20. The highest BCUT2D eigenvalue weighted by Crippen LogP contribution is 2.31. The van der Waals surface area contributed by atoms with Gasteiger partial charge in [0.15, 0.2) is 0 Å². The summed E-state index contributed by atoms with van der Waals surface area (Å²) in [7, 11) is 1.68. The Hall–Kier alpha value is -1.85. The lowest BCUT2D eigenvalue weighted by atomic mass is 10.0. The summed E-state index contributed by atoms with van der Waals surface area (Å²) in [6.07, 6.45) is 0.905. The van der Waals surface area contributed by atoms with Gasteiger partial charge < -0.3 is 4.74 Å². The Kier molecular flexibility index (Phi) is 4.98. The molecule has 1 aromatic heterocycles. The molecule has 1 heterocycles. The van der Waals surface area contributed by atoms with Gasteiger partial charge in [0.1, 0.15) is 5.75 Å². The summed E-state index contributed by atoms with van der Waals surface area (Å²) in [5, 5.41) is 4.60. The van der Waals surface area contributed by atoms with E-state index in [1.807, 2.05) is 16.8 Å². The number of ether oxygens (including phenoxy) is 1. The second-order valence-electron chi connectivity index (χ2n) is 5.07. The fourth-order valence-electron chi connectivity index (χ4n) is 2.56. The molecule has 5 nitrogen and oxygen atoms in total. The first-order valence-electron chi connectivity index (χ1n) is 7.31. The second kappa shape index (κ2) is 6.74. The van der Waals surface area contributed by atoms with Gasteiger partial charge >= 0.3 is 0 Å².